The number of aromatic amines is 1. The number of amides is 1. The zero-order valence-corrected chi connectivity index (χ0v) is 17.9. The summed E-state index contributed by atoms with van der Waals surface area (Å²) in [7, 11) is 3.32. The molecule has 0 atom stereocenters. The highest BCUT2D eigenvalue weighted by atomic mass is 16.5. The smallest absolute Gasteiger partial charge is 0.339 e. The van der Waals surface area contributed by atoms with Crippen LogP contribution in [-0.2, 0) is 18.2 Å². The molecule has 0 saturated heterocycles. The Morgan fingerprint density at radius 3 is 2.48 bits per heavy atom. The van der Waals surface area contributed by atoms with Gasteiger partial charge < -0.3 is 19.6 Å². The van der Waals surface area contributed by atoms with Gasteiger partial charge in [-0.2, -0.15) is 0 Å². The summed E-state index contributed by atoms with van der Waals surface area (Å²) in [6.07, 6.45) is 0.589. The molecular formula is C24H24N4O3. The SMILES string of the molecule is CCc1[nH]c(C(=O)Nc2ccc(-c3nc4ccccc4n3C)cc2)c(C)c1C(=O)OC. The number of aryl methyl sites for hydroxylation is 2. The van der Waals surface area contributed by atoms with Crippen molar-refractivity contribution in [3.8, 4) is 11.4 Å². The van der Waals surface area contributed by atoms with Gasteiger partial charge in [0, 0.05) is 24.0 Å². The van der Waals surface area contributed by atoms with Crippen LogP contribution in [0, 0.1) is 6.92 Å². The maximum Gasteiger partial charge on any atom is 0.339 e. The first-order valence-corrected chi connectivity index (χ1v) is 10.1. The number of rotatable bonds is 5. The molecule has 31 heavy (non-hydrogen) atoms. The third kappa shape index (κ3) is 3.59. The third-order valence-electron chi connectivity index (χ3n) is 5.49. The van der Waals surface area contributed by atoms with E-state index in [0.717, 1.165) is 22.4 Å². The molecule has 2 aromatic carbocycles. The number of hydrogen-bond donors (Lipinski definition) is 2. The number of para-hydroxylation sites is 2. The second-order valence-electron chi connectivity index (χ2n) is 7.34. The average molecular weight is 416 g/mol. The molecule has 2 N–H and O–H groups in total. The molecule has 158 valence electrons. The van der Waals surface area contributed by atoms with Gasteiger partial charge in [0.15, 0.2) is 0 Å². The van der Waals surface area contributed by atoms with Crippen molar-refractivity contribution in [3.63, 3.8) is 0 Å². The molecule has 7 heteroatoms. The standard InChI is InChI=1S/C24H24N4O3/c1-5-17-20(24(30)31-4)14(2)21(26-17)23(29)25-16-12-10-15(11-13-16)22-27-18-8-6-7-9-19(18)28(22)3/h6-13,26H,5H2,1-4H3,(H,25,29). The normalized spacial score (nSPS) is 11.0. The zero-order chi connectivity index (χ0) is 22.1. The van der Waals surface area contributed by atoms with Gasteiger partial charge in [0.25, 0.3) is 5.91 Å². The molecular weight excluding hydrogens is 392 g/mol. The number of methoxy groups -OCH3 is 1. The number of carbonyl (C=O) groups excluding carboxylic acids is 2. The fourth-order valence-corrected chi connectivity index (χ4v) is 3.83. The minimum Gasteiger partial charge on any atom is -0.465 e. The first-order chi connectivity index (χ1) is 14.9. The minimum atomic E-state index is -0.448. The maximum absolute atomic E-state index is 12.8. The predicted molar refractivity (Wildman–Crippen MR) is 120 cm³/mol. The Morgan fingerprint density at radius 1 is 1.13 bits per heavy atom. The molecule has 0 aliphatic rings. The summed E-state index contributed by atoms with van der Waals surface area (Å²) in [5.41, 5.74) is 5.65. The monoisotopic (exact) mass is 416 g/mol. The van der Waals surface area contributed by atoms with Crippen molar-refractivity contribution in [3.05, 3.63) is 71.0 Å². The second kappa shape index (κ2) is 8.10. The largest absolute Gasteiger partial charge is 0.465 e. The van der Waals surface area contributed by atoms with Crippen molar-refractivity contribution in [2.45, 2.75) is 20.3 Å². The molecule has 0 fully saturated rings. The molecule has 0 aliphatic heterocycles. The van der Waals surface area contributed by atoms with E-state index in [9.17, 15) is 9.59 Å². The van der Waals surface area contributed by atoms with Gasteiger partial charge in [0.2, 0.25) is 0 Å². The number of aromatic nitrogens is 3. The fraction of sp³-hybridized carbons (Fsp3) is 0.208. The van der Waals surface area contributed by atoms with E-state index in [0.29, 0.717) is 34.6 Å². The molecule has 0 aliphatic carbocycles. The highest BCUT2D eigenvalue weighted by Crippen LogP contribution is 2.26. The maximum atomic E-state index is 12.8. The number of nitrogens with one attached hydrogen (secondary N) is 2. The number of carbonyl (C=O) groups is 2. The number of hydrogen-bond acceptors (Lipinski definition) is 4. The molecule has 4 rings (SSSR count). The zero-order valence-electron chi connectivity index (χ0n) is 17.9. The van der Waals surface area contributed by atoms with E-state index in [4.69, 9.17) is 9.72 Å². The number of nitrogens with zero attached hydrogens (tertiary/aromatic N) is 2. The third-order valence-corrected chi connectivity index (χ3v) is 5.49. The van der Waals surface area contributed by atoms with Gasteiger partial charge >= 0.3 is 5.97 Å². The van der Waals surface area contributed by atoms with E-state index < -0.39 is 5.97 Å². The number of anilines is 1. The lowest BCUT2D eigenvalue weighted by Crippen LogP contribution is -2.14. The van der Waals surface area contributed by atoms with Crippen molar-refractivity contribution in [1.82, 2.24) is 14.5 Å². The van der Waals surface area contributed by atoms with Crippen LogP contribution in [0.4, 0.5) is 5.69 Å². The van der Waals surface area contributed by atoms with Crippen LogP contribution in [0.2, 0.25) is 0 Å². The minimum absolute atomic E-state index is 0.308. The molecule has 2 heterocycles. The van der Waals surface area contributed by atoms with Crippen LogP contribution in [0.3, 0.4) is 0 Å². The van der Waals surface area contributed by atoms with Crippen molar-refractivity contribution in [2.24, 2.45) is 7.05 Å². The van der Waals surface area contributed by atoms with E-state index >= 15 is 0 Å². The summed E-state index contributed by atoms with van der Waals surface area (Å²) in [6.45, 7) is 3.66. The lowest BCUT2D eigenvalue weighted by molar-refractivity contribution is 0.0599. The fourth-order valence-electron chi connectivity index (χ4n) is 3.83. The van der Waals surface area contributed by atoms with Gasteiger partial charge in [-0.05, 0) is 55.3 Å². The van der Waals surface area contributed by atoms with Crippen molar-refractivity contribution in [1.29, 1.82) is 0 Å². The topological polar surface area (TPSA) is 89.0 Å². The predicted octanol–water partition coefficient (Wildman–Crippen LogP) is 4.48. The first-order valence-electron chi connectivity index (χ1n) is 10.1. The van der Waals surface area contributed by atoms with Crippen LogP contribution in [-0.4, -0.2) is 33.5 Å². The van der Waals surface area contributed by atoms with Crippen molar-refractivity contribution in [2.75, 3.05) is 12.4 Å². The molecule has 0 radical (unpaired) electrons. The van der Waals surface area contributed by atoms with E-state index in [-0.39, 0.29) is 5.91 Å². The Bertz CT molecular complexity index is 1280. The molecule has 4 aromatic rings. The highest BCUT2D eigenvalue weighted by Gasteiger charge is 2.23. The Labute approximate surface area is 180 Å². The summed E-state index contributed by atoms with van der Waals surface area (Å²) < 4.78 is 6.91. The molecule has 0 bridgehead atoms. The van der Waals surface area contributed by atoms with Crippen LogP contribution in [0.1, 0.15) is 39.0 Å². The Morgan fingerprint density at radius 2 is 1.84 bits per heavy atom. The second-order valence-corrected chi connectivity index (χ2v) is 7.34. The molecule has 2 aromatic heterocycles. The number of H-pyrrole nitrogens is 1. The van der Waals surface area contributed by atoms with Crippen LogP contribution >= 0.6 is 0 Å². The molecule has 0 unspecified atom stereocenters. The Balaban J connectivity index is 1.58. The van der Waals surface area contributed by atoms with Crippen LogP contribution in [0.5, 0.6) is 0 Å². The number of imidazole rings is 1. The first kappa shape index (κ1) is 20.4. The lowest BCUT2D eigenvalue weighted by Gasteiger charge is -2.07. The number of benzene rings is 2. The van der Waals surface area contributed by atoms with Gasteiger partial charge in [-0.1, -0.05) is 19.1 Å². The molecule has 1 amide bonds. The van der Waals surface area contributed by atoms with Gasteiger partial charge in [0.05, 0.1) is 23.7 Å². The highest BCUT2D eigenvalue weighted by molar-refractivity contribution is 6.07. The number of fused-ring (bicyclic) bond motifs is 1. The van der Waals surface area contributed by atoms with E-state index in [1.165, 1.54) is 7.11 Å². The quantitative estimate of drug-likeness (QED) is 0.470. The van der Waals surface area contributed by atoms with E-state index in [1.807, 2.05) is 67.1 Å². The summed E-state index contributed by atoms with van der Waals surface area (Å²) >= 11 is 0. The van der Waals surface area contributed by atoms with E-state index in [2.05, 4.69) is 10.3 Å². The van der Waals surface area contributed by atoms with Crippen LogP contribution < -0.4 is 5.32 Å². The van der Waals surface area contributed by atoms with Crippen LogP contribution in [0.15, 0.2) is 48.5 Å². The van der Waals surface area contributed by atoms with Gasteiger partial charge in [-0.15, -0.1) is 0 Å². The van der Waals surface area contributed by atoms with E-state index in [1.54, 1.807) is 6.92 Å². The van der Waals surface area contributed by atoms with Crippen LogP contribution in [0.25, 0.3) is 22.4 Å². The van der Waals surface area contributed by atoms with Gasteiger partial charge in [0.1, 0.15) is 11.5 Å². The number of esters is 1. The Kier molecular flexibility index (Phi) is 5.33. The van der Waals surface area contributed by atoms with Gasteiger partial charge in [-0.25, -0.2) is 9.78 Å². The average Bonchev–Trinajstić information content (AvgIpc) is 3.31. The molecule has 7 nitrogen and oxygen atoms in total. The molecule has 0 spiro atoms. The lowest BCUT2D eigenvalue weighted by atomic mass is 10.1. The summed E-state index contributed by atoms with van der Waals surface area (Å²) in [5.74, 6) is 0.101. The summed E-state index contributed by atoms with van der Waals surface area (Å²) in [4.78, 5) is 32.7. The molecule has 0 saturated carbocycles. The van der Waals surface area contributed by atoms with Crippen molar-refractivity contribution < 1.29 is 14.3 Å². The Hall–Kier alpha value is -3.87. The summed E-state index contributed by atoms with van der Waals surface area (Å²) in [5, 5.41) is 2.89. The van der Waals surface area contributed by atoms with Gasteiger partial charge in [-0.3, -0.25) is 4.79 Å². The summed E-state index contributed by atoms with van der Waals surface area (Å²) in [6, 6.07) is 15.5. The number of ether oxygens (including phenoxy) is 1. The van der Waals surface area contributed by atoms with Crippen molar-refractivity contribution >= 4 is 28.6 Å².